The molecule has 0 saturated heterocycles. The molecule has 0 aliphatic heterocycles. The van der Waals surface area contributed by atoms with E-state index in [4.69, 9.17) is 4.74 Å². The molecular formula is C77H149NO5. The number of aliphatic hydroxyl groups excluding tert-OH is 2. The van der Waals surface area contributed by atoms with Crippen LogP contribution in [0.25, 0.3) is 0 Å². The lowest BCUT2D eigenvalue weighted by atomic mass is 10.0. The minimum Gasteiger partial charge on any atom is -0.466 e. The highest BCUT2D eigenvalue weighted by molar-refractivity contribution is 5.76. The van der Waals surface area contributed by atoms with Gasteiger partial charge in [0, 0.05) is 12.8 Å². The number of esters is 1. The minimum absolute atomic E-state index is 0.0166. The number of allylic oxidation sites excluding steroid dienone is 3. The van der Waals surface area contributed by atoms with E-state index in [1.165, 1.54) is 360 Å². The number of amides is 1. The third-order valence-corrected chi connectivity index (χ3v) is 18.0. The van der Waals surface area contributed by atoms with E-state index in [-0.39, 0.29) is 18.5 Å². The summed E-state index contributed by atoms with van der Waals surface area (Å²) in [7, 11) is 0. The molecule has 2 unspecified atom stereocenters. The Balaban J connectivity index is 3.28. The standard InChI is InChI=1S/C77H149NO5/c1-3-5-7-9-11-13-15-17-43-47-51-55-59-63-67-71-77(82)83-72-68-64-60-56-52-48-45-42-40-38-36-34-32-30-28-26-24-22-20-18-19-21-23-25-27-29-31-33-35-37-39-41-44-46-50-54-58-62-66-70-76(81)78-74(73-79)75(80)69-65-61-57-53-49-16-14-12-10-8-6-4-2/h17,43,65,69,74-75,79-80H,3-16,18-42,44-64,66-68,70-73H2,1-2H3,(H,78,81)/b43-17-,69-65+. The van der Waals surface area contributed by atoms with Crippen molar-refractivity contribution in [3.63, 3.8) is 0 Å². The molecule has 492 valence electrons. The first-order chi connectivity index (χ1) is 41.0. The minimum atomic E-state index is -0.838. The summed E-state index contributed by atoms with van der Waals surface area (Å²) in [6.07, 6.45) is 93.1. The summed E-state index contributed by atoms with van der Waals surface area (Å²) in [6, 6.07) is -0.621. The molecule has 6 nitrogen and oxygen atoms in total. The molecular weight excluding hydrogens is 1020 g/mol. The second kappa shape index (κ2) is 72.8. The number of nitrogens with one attached hydrogen (secondary N) is 1. The largest absolute Gasteiger partial charge is 0.466 e. The summed E-state index contributed by atoms with van der Waals surface area (Å²) >= 11 is 0. The maximum absolute atomic E-state index is 12.5. The van der Waals surface area contributed by atoms with E-state index in [1.54, 1.807) is 6.08 Å². The summed E-state index contributed by atoms with van der Waals surface area (Å²) in [4.78, 5) is 24.5. The summed E-state index contributed by atoms with van der Waals surface area (Å²) in [6.45, 7) is 4.92. The zero-order valence-electron chi connectivity index (χ0n) is 56.5. The highest BCUT2D eigenvalue weighted by Crippen LogP contribution is 2.20. The lowest BCUT2D eigenvalue weighted by molar-refractivity contribution is -0.143. The average molecular weight is 1170 g/mol. The van der Waals surface area contributed by atoms with Gasteiger partial charge in [-0.05, 0) is 57.8 Å². The molecule has 0 aromatic rings. The number of unbranched alkanes of at least 4 members (excludes halogenated alkanes) is 59. The molecule has 3 N–H and O–H groups in total. The highest BCUT2D eigenvalue weighted by Gasteiger charge is 2.18. The fourth-order valence-corrected chi connectivity index (χ4v) is 12.2. The molecule has 2 atom stereocenters. The van der Waals surface area contributed by atoms with Crippen LogP contribution in [-0.2, 0) is 14.3 Å². The number of hydrogen-bond donors (Lipinski definition) is 3. The summed E-state index contributed by atoms with van der Waals surface area (Å²) in [5.74, 6) is -0.0439. The number of rotatable bonds is 72. The summed E-state index contributed by atoms with van der Waals surface area (Å²) in [5.41, 5.74) is 0. The van der Waals surface area contributed by atoms with Crippen LogP contribution in [0, 0.1) is 0 Å². The molecule has 6 heteroatoms. The monoisotopic (exact) mass is 1170 g/mol. The molecule has 0 rings (SSSR count). The van der Waals surface area contributed by atoms with E-state index >= 15 is 0 Å². The number of carbonyl (C=O) groups is 2. The van der Waals surface area contributed by atoms with Crippen molar-refractivity contribution in [2.45, 2.75) is 443 Å². The van der Waals surface area contributed by atoms with Crippen LogP contribution in [0.3, 0.4) is 0 Å². The Morgan fingerprint density at radius 1 is 0.325 bits per heavy atom. The number of hydrogen-bond acceptors (Lipinski definition) is 5. The molecule has 0 aliphatic carbocycles. The first-order valence-corrected chi connectivity index (χ1v) is 38.1. The number of carbonyl (C=O) groups excluding carboxylic acids is 2. The van der Waals surface area contributed by atoms with Crippen LogP contribution in [0.1, 0.15) is 431 Å². The third-order valence-electron chi connectivity index (χ3n) is 18.0. The van der Waals surface area contributed by atoms with Gasteiger partial charge in [0.1, 0.15) is 0 Å². The van der Waals surface area contributed by atoms with Gasteiger partial charge in [-0.3, -0.25) is 9.59 Å². The van der Waals surface area contributed by atoms with E-state index in [0.717, 1.165) is 44.9 Å². The van der Waals surface area contributed by atoms with Crippen molar-refractivity contribution in [2.75, 3.05) is 13.2 Å². The maximum Gasteiger partial charge on any atom is 0.305 e. The molecule has 0 aliphatic rings. The van der Waals surface area contributed by atoms with Gasteiger partial charge in [0.2, 0.25) is 5.91 Å². The lowest BCUT2D eigenvalue weighted by Gasteiger charge is -2.20. The highest BCUT2D eigenvalue weighted by atomic mass is 16.5. The van der Waals surface area contributed by atoms with Gasteiger partial charge in [0.15, 0.2) is 0 Å². The van der Waals surface area contributed by atoms with Crippen LogP contribution >= 0.6 is 0 Å². The van der Waals surface area contributed by atoms with Gasteiger partial charge in [0.05, 0.1) is 25.4 Å². The first kappa shape index (κ1) is 81.3. The van der Waals surface area contributed by atoms with Gasteiger partial charge in [-0.2, -0.15) is 0 Å². The van der Waals surface area contributed by atoms with Gasteiger partial charge in [0.25, 0.3) is 0 Å². The molecule has 0 radical (unpaired) electrons. The molecule has 0 aromatic heterocycles. The predicted octanol–water partition coefficient (Wildman–Crippen LogP) is 24.9. The Labute approximate surface area is 520 Å². The number of aliphatic hydroxyl groups is 2. The Hall–Kier alpha value is -1.66. The van der Waals surface area contributed by atoms with Crippen LogP contribution in [0.15, 0.2) is 24.3 Å². The van der Waals surface area contributed by atoms with E-state index in [9.17, 15) is 19.8 Å². The van der Waals surface area contributed by atoms with Gasteiger partial charge >= 0.3 is 5.97 Å². The zero-order chi connectivity index (χ0) is 59.9. The van der Waals surface area contributed by atoms with Crippen LogP contribution in [0.4, 0.5) is 0 Å². The molecule has 0 spiro atoms. The van der Waals surface area contributed by atoms with Crippen molar-refractivity contribution >= 4 is 11.9 Å². The third kappa shape index (κ3) is 69.3. The van der Waals surface area contributed by atoms with E-state index in [2.05, 4.69) is 31.3 Å². The van der Waals surface area contributed by atoms with E-state index in [0.29, 0.717) is 19.4 Å². The first-order valence-electron chi connectivity index (χ1n) is 38.1. The van der Waals surface area contributed by atoms with Gasteiger partial charge < -0.3 is 20.3 Å². The SMILES string of the molecule is CCCCCCCC/C=C\CCCCCCCC(=O)OCCCCCCCCCCCCCCCCCCCCCCCCCCCCCCCCCCCCCCCCCC(=O)NC(CO)C(O)/C=C/CCCCCCCCCCCC. The van der Waals surface area contributed by atoms with Crippen molar-refractivity contribution < 1.29 is 24.5 Å². The van der Waals surface area contributed by atoms with Crippen LogP contribution in [-0.4, -0.2) is 47.4 Å². The molecule has 0 bridgehead atoms. The van der Waals surface area contributed by atoms with Gasteiger partial charge in [-0.25, -0.2) is 0 Å². The molecule has 0 heterocycles. The lowest BCUT2D eigenvalue weighted by Crippen LogP contribution is -2.45. The molecule has 83 heavy (non-hydrogen) atoms. The fraction of sp³-hybridized carbons (Fsp3) is 0.922. The smallest absolute Gasteiger partial charge is 0.305 e. The Morgan fingerprint density at radius 3 is 0.855 bits per heavy atom. The fourth-order valence-electron chi connectivity index (χ4n) is 12.2. The zero-order valence-corrected chi connectivity index (χ0v) is 56.5. The topological polar surface area (TPSA) is 95.9 Å². The number of ether oxygens (including phenoxy) is 1. The Morgan fingerprint density at radius 2 is 0.566 bits per heavy atom. The van der Waals surface area contributed by atoms with E-state index in [1.807, 2.05) is 6.08 Å². The van der Waals surface area contributed by atoms with E-state index < -0.39 is 12.1 Å². The quantitative estimate of drug-likeness (QED) is 0.0320. The van der Waals surface area contributed by atoms with Crippen molar-refractivity contribution in [1.29, 1.82) is 0 Å². The maximum atomic E-state index is 12.5. The predicted molar refractivity (Wildman–Crippen MR) is 366 cm³/mol. The van der Waals surface area contributed by atoms with Crippen LogP contribution in [0.2, 0.25) is 0 Å². The van der Waals surface area contributed by atoms with Crippen LogP contribution < -0.4 is 5.32 Å². The van der Waals surface area contributed by atoms with Crippen molar-refractivity contribution in [3.8, 4) is 0 Å². The Bertz CT molecular complexity index is 1300. The van der Waals surface area contributed by atoms with Crippen molar-refractivity contribution in [1.82, 2.24) is 5.32 Å². The second-order valence-electron chi connectivity index (χ2n) is 26.3. The average Bonchev–Trinajstić information content (AvgIpc) is 3.49. The van der Waals surface area contributed by atoms with Crippen molar-refractivity contribution in [2.24, 2.45) is 0 Å². The van der Waals surface area contributed by atoms with Gasteiger partial charge in [-0.15, -0.1) is 0 Å². The van der Waals surface area contributed by atoms with Crippen molar-refractivity contribution in [3.05, 3.63) is 24.3 Å². The Kier molecular flexibility index (Phi) is 71.4. The summed E-state index contributed by atoms with van der Waals surface area (Å²) in [5, 5.41) is 23.1. The molecule has 0 saturated carbocycles. The molecule has 1 amide bonds. The molecule has 0 fully saturated rings. The summed E-state index contributed by atoms with van der Waals surface area (Å²) < 4.78 is 5.50. The van der Waals surface area contributed by atoms with Crippen LogP contribution in [0.5, 0.6) is 0 Å². The normalized spacial score (nSPS) is 12.6. The van der Waals surface area contributed by atoms with Gasteiger partial charge in [-0.1, -0.05) is 385 Å². The second-order valence-corrected chi connectivity index (χ2v) is 26.3. The molecule has 0 aromatic carbocycles.